The fourth-order valence-corrected chi connectivity index (χ4v) is 4.83. The minimum Gasteiger partial charge on any atom is -0.379 e. The number of thiophene rings is 1. The first-order valence-electron chi connectivity index (χ1n) is 9.59. The van der Waals surface area contributed by atoms with Gasteiger partial charge in [-0.15, -0.1) is 11.3 Å². The second-order valence-electron chi connectivity index (χ2n) is 7.42. The van der Waals surface area contributed by atoms with Crippen molar-refractivity contribution in [2.45, 2.75) is 45.8 Å². The monoisotopic (exact) mass is 395 g/mol. The van der Waals surface area contributed by atoms with Crippen molar-refractivity contribution in [2.24, 2.45) is 0 Å². The van der Waals surface area contributed by atoms with Crippen LogP contribution >= 0.6 is 11.3 Å². The molecule has 1 N–H and O–H groups in total. The Balaban J connectivity index is 1.57. The fourth-order valence-electron chi connectivity index (χ4n) is 3.95. The van der Waals surface area contributed by atoms with Crippen molar-refractivity contribution in [1.82, 2.24) is 15.1 Å². The molecule has 1 atom stereocenters. The maximum atomic E-state index is 12.7. The summed E-state index contributed by atoms with van der Waals surface area (Å²) in [5.74, 6) is -0.0237. The van der Waals surface area contributed by atoms with Gasteiger partial charge in [-0.05, 0) is 68.5 Å². The van der Waals surface area contributed by atoms with Gasteiger partial charge in [0.15, 0.2) is 0 Å². The Kier molecular flexibility index (Phi) is 5.33. The molecule has 6 heteroatoms. The number of rotatable bonds is 5. The highest BCUT2D eigenvalue weighted by atomic mass is 32.1. The zero-order valence-electron chi connectivity index (χ0n) is 16.5. The Labute approximate surface area is 169 Å². The van der Waals surface area contributed by atoms with Gasteiger partial charge in [-0.1, -0.05) is 6.07 Å². The smallest absolute Gasteiger partial charge is 0.261 e. The summed E-state index contributed by atoms with van der Waals surface area (Å²) in [6.45, 7) is 4.75. The van der Waals surface area contributed by atoms with Crippen LogP contribution in [0.4, 0.5) is 0 Å². The third kappa shape index (κ3) is 3.75. The molecule has 0 saturated carbocycles. The van der Waals surface area contributed by atoms with E-state index in [0.717, 1.165) is 40.3 Å². The number of aromatic nitrogens is 2. The molecule has 5 nitrogen and oxygen atoms in total. The second-order valence-corrected chi connectivity index (χ2v) is 8.59. The second kappa shape index (κ2) is 7.89. The molecular weight excluding hydrogens is 370 g/mol. The Morgan fingerprint density at radius 2 is 2.07 bits per heavy atom. The van der Waals surface area contributed by atoms with E-state index in [1.54, 1.807) is 7.11 Å². The number of nitrogens with one attached hydrogen (secondary N) is 1. The Bertz CT molecular complexity index is 985. The molecule has 2 heterocycles. The summed E-state index contributed by atoms with van der Waals surface area (Å²) in [5, 5.41) is 7.87. The van der Waals surface area contributed by atoms with Gasteiger partial charge < -0.3 is 10.1 Å². The first kappa shape index (κ1) is 18.9. The van der Waals surface area contributed by atoms with Crippen molar-refractivity contribution in [3.05, 3.63) is 68.7 Å². The zero-order chi connectivity index (χ0) is 19.7. The van der Waals surface area contributed by atoms with Gasteiger partial charge in [-0.3, -0.25) is 4.79 Å². The number of methoxy groups -OCH3 is 1. The van der Waals surface area contributed by atoms with Crippen molar-refractivity contribution < 1.29 is 9.53 Å². The Morgan fingerprint density at radius 3 is 2.82 bits per heavy atom. The van der Waals surface area contributed by atoms with E-state index in [0.29, 0.717) is 6.61 Å². The van der Waals surface area contributed by atoms with Crippen LogP contribution in [-0.4, -0.2) is 22.8 Å². The van der Waals surface area contributed by atoms with Crippen LogP contribution < -0.4 is 5.32 Å². The van der Waals surface area contributed by atoms with Crippen molar-refractivity contribution in [2.75, 3.05) is 7.11 Å². The van der Waals surface area contributed by atoms with E-state index < -0.39 is 0 Å². The molecule has 4 rings (SSSR count). The standard InChI is InChI=1S/C22H25N3O2S/c1-14-9-15(2)11-16(10-14)25-20-6-4-5-19(18(20)12-23-25)24-22(26)21-8-7-17(28-21)13-27-3/h7-12,19H,4-6,13H2,1-3H3,(H,24,26)/t19-/m0/s1. The van der Waals surface area contributed by atoms with E-state index in [2.05, 4.69) is 42.5 Å². The number of fused-ring (bicyclic) bond motifs is 1. The lowest BCUT2D eigenvalue weighted by Crippen LogP contribution is -2.30. The van der Waals surface area contributed by atoms with Crippen molar-refractivity contribution >= 4 is 17.2 Å². The molecule has 0 aliphatic heterocycles. The maximum absolute atomic E-state index is 12.7. The SMILES string of the molecule is COCc1ccc(C(=O)N[C@H]2CCCc3c2cnn3-c2cc(C)cc(C)c2)s1. The van der Waals surface area contributed by atoms with Gasteiger partial charge in [0.1, 0.15) is 0 Å². The van der Waals surface area contributed by atoms with Crippen molar-refractivity contribution in [1.29, 1.82) is 0 Å². The molecule has 0 radical (unpaired) electrons. The highest BCUT2D eigenvalue weighted by Crippen LogP contribution is 2.32. The third-order valence-corrected chi connectivity index (χ3v) is 6.17. The van der Waals surface area contributed by atoms with Gasteiger partial charge in [-0.25, -0.2) is 4.68 Å². The summed E-state index contributed by atoms with van der Waals surface area (Å²) in [7, 11) is 1.66. The summed E-state index contributed by atoms with van der Waals surface area (Å²) in [5.41, 5.74) is 5.88. The maximum Gasteiger partial charge on any atom is 0.261 e. The molecule has 2 aromatic heterocycles. The summed E-state index contributed by atoms with van der Waals surface area (Å²) in [4.78, 5) is 14.5. The third-order valence-electron chi connectivity index (χ3n) is 5.11. The topological polar surface area (TPSA) is 56.1 Å². The highest BCUT2D eigenvalue weighted by Gasteiger charge is 2.26. The lowest BCUT2D eigenvalue weighted by Gasteiger charge is -2.24. The molecule has 1 aliphatic rings. The van der Waals surface area contributed by atoms with Crippen LogP contribution in [0.15, 0.2) is 36.5 Å². The van der Waals surface area contributed by atoms with Crippen LogP contribution in [0.3, 0.4) is 0 Å². The van der Waals surface area contributed by atoms with E-state index in [9.17, 15) is 4.79 Å². The Morgan fingerprint density at radius 1 is 1.29 bits per heavy atom. The van der Waals surface area contributed by atoms with Gasteiger partial charge in [0.2, 0.25) is 0 Å². The number of hydrogen-bond donors (Lipinski definition) is 1. The minimum atomic E-state index is -0.0237. The van der Waals surface area contributed by atoms with Crippen LogP contribution in [0.5, 0.6) is 0 Å². The lowest BCUT2D eigenvalue weighted by atomic mass is 9.92. The summed E-state index contributed by atoms with van der Waals surface area (Å²) in [6.07, 6.45) is 4.87. The van der Waals surface area contributed by atoms with E-state index in [1.807, 2.05) is 23.0 Å². The molecule has 0 bridgehead atoms. The van der Waals surface area contributed by atoms with Gasteiger partial charge in [0, 0.05) is 23.2 Å². The first-order chi connectivity index (χ1) is 13.5. The number of nitrogens with zero attached hydrogens (tertiary/aromatic N) is 2. The summed E-state index contributed by atoms with van der Waals surface area (Å²) in [6, 6.07) is 10.3. The van der Waals surface area contributed by atoms with Crippen LogP contribution in [0.2, 0.25) is 0 Å². The van der Waals surface area contributed by atoms with Gasteiger partial charge in [0.25, 0.3) is 5.91 Å². The summed E-state index contributed by atoms with van der Waals surface area (Å²) >= 11 is 1.48. The molecular formula is C22H25N3O2S. The molecule has 1 aliphatic carbocycles. The predicted octanol–water partition coefficient (Wildman–Crippen LogP) is 4.50. The highest BCUT2D eigenvalue weighted by molar-refractivity contribution is 7.14. The number of carbonyl (C=O) groups is 1. The predicted molar refractivity (Wildman–Crippen MR) is 111 cm³/mol. The molecule has 1 amide bonds. The molecule has 3 aromatic rings. The van der Waals surface area contributed by atoms with Gasteiger partial charge in [-0.2, -0.15) is 5.10 Å². The quantitative estimate of drug-likeness (QED) is 0.692. The molecule has 146 valence electrons. The minimum absolute atomic E-state index is 0.00359. The van der Waals surface area contributed by atoms with Crippen LogP contribution in [-0.2, 0) is 17.8 Å². The van der Waals surface area contributed by atoms with Crippen LogP contribution in [0, 0.1) is 13.8 Å². The van der Waals surface area contributed by atoms with E-state index >= 15 is 0 Å². The first-order valence-corrected chi connectivity index (χ1v) is 10.4. The van der Waals surface area contributed by atoms with E-state index in [4.69, 9.17) is 4.74 Å². The van der Waals surface area contributed by atoms with Gasteiger partial charge >= 0.3 is 0 Å². The van der Waals surface area contributed by atoms with Crippen LogP contribution in [0.25, 0.3) is 5.69 Å². The Hall–Kier alpha value is -2.44. The average Bonchev–Trinajstić information content (AvgIpc) is 3.29. The number of ether oxygens (including phenoxy) is 1. The molecule has 1 aromatic carbocycles. The number of carbonyl (C=O) groups excluding carboxylic acids is 1. The summed E-state index contributed by atoms with van der Waals surface area (Å²) < 4.78 is 7.18. The average molecular weight is 396 g/mol. The normalized spacial score (nSPS) is 16.0. The number of amides is 1. The molecule has 28 heavy (non-hydrogen) atoms. The molecule has 0 unspecified atom stereocenters. The fraction of sp³-hybridized carbons (Fsp3) is 0.364. The van der Waals surface area contributed by atoms with Gasteiger partial charge in [0.05, 0.1) is 29.4 Å². The van der Waals surface area contributed by atoms with E-state index in [1.165, 1.54) is 28.2 Å². The van der Waals surface area contributed by atoms with Crippen LogP contribution in [0.1, 0.15) is 55.8 Å². The number of aryl methyl sites for hydroxylation is 2. The van der Waals surface area contributed by atoms with E-state index in [-0.39, 0.29) is 11.9 Å². The van der Waals surface area contributed by atoms with Crippen molar-refractivity contribution in [3.63, 3.8) is 0 Å². The molecule has 0 fully saturated rings. The number of hydrogen-bond acceptors (Lipinski definition) is 4. The molecule has 0 saturated heterocycles. The zero-order valence-corrected chi connectivity index (χ0v) is 17.3. The number of benzene rings is 1. The largest absolute Gasteiger partial charge is 0.379 e. The van der Waals surface area contributed by atoms with Crippen molar-refractivity contribution in [3.8, 4) is 5.69 Å². The lowest BCUT2D eigenvalue weighted by molar-refractivity contribution is 0.0937. The molecule has 0 spiro atoms.